The molecule has 0 radical (unpaired) electrons. The van der Waals surface area contributed by atoms with Gasteiger partial charge in [-0.15, -0.1) is 0 Å². The molecule has 3 aromatic rings. The molecule has 2 atom stereocenters. The lowest BCUT2D eigenvalue weighted by molar-refractivity contribution is -0.124. The van der Waals surface area contributed by atoms with Crippen LogP contribution in [0.25, 0.3) is 0 Å². The highest BCUT2D eigenvalue weighted by atomic mass is 19.1. The molecule has 0 aliphatic carbocycles. The van der Waals surface area contributed by atoms with Crippen LogP contribution in [0.1, 0.15) is 46.8 Å². The number of benzene rings is 3. The van der Waals surface area contributed by atoms with Crippen molar-refractivity contribution in [2.75, 3.05) is 36.5 Å². The normalized spacial score (nSPS) is 17.4. The van der Waals surface area contributed by atoms with Crippen molar-refractivity contribution < 1.29 is 14.0 Å². The van der Waals surface area contributed by atoms with E-state index in [2.05, 4.69) is 22.3 Å². The number of halogens is 1. The van der Waals surface area contributed by atoms with Crippen molar-refractivity contribution in [3.63, 3.8) is 0 Å². The summed E-state index contributed by atoms with van der Waals surface area (Å²) < 4.78 is 14.3. The van der Waals surface area contributed by atoms with Crippen LogP contribution in [0.2, 0.25) is 0 Å². The van der Waals surface area contributed by atoms with Crippen molar-refractivity contribution >= 4 is 23.2 Å². The number of anilines is 2. The molecule has 3 aromatic carbocycles. The van der Waals surface area contributed by atoms with Gasteiger partial charge in [0.1, 0.15) is 5.82 Å². The summed E-state index contributed by atoms with van der Waals surface area (Å²) in [6.45, 7) is 7.81. The highest BCUT2D eigenvalue weighted by molar-refractivity contribution is 5.99. The van der Waals surface area contributed by atoms with Gasteiger partial charge in [0.2, 0.25) is 5.91 Å². The van der Waals surface area contributed by atoms with E-state index < -0.39 is 0 Å². The van der Waals surface area contributed by atoms with E-state index in [0.717, 1.165) is 41.9 Å². The summed E-state index contributed by atoms with van der Waals surface area (Å²) >= 11 is 0. The van der Waals surface area contributed by atoms with E-state index in [-0.39, 0.29) is 29.5 Å². The zero-order chi connectivity index (χ0) is 27.2. The minimum Gasteiger partial charge on any atom is -0.375 e. The Morgan fingerprint density at radius 1 is 1.05 bits per heavy atom. The van der Waals surface area contributed by atoms with Gasteiger partial charge in [-0.2, -0.15) is 0 Å². The van der Waals surface area contributed by atoms with Gasteiger partial charge in [0.05, 0.1) is 0 Å². The SMILES string of the molecule is Cc1cc(C(=O)NCCCN(C)c2ccccc2)cc(C)c1N1C[C@@H](Cc2ccccc2F)C[C@@H](C)C1=O. The largest absolute Gasteiger partial charge is 0.375 e. The van der Waals surface area contributed by atoms with Crippen LogP contribution in [0.15, 0.2) is 66.7 Å². The minimum atomic E-state index is -0.196. The molecule has 1 aliphatic heterocycles. The monoisotopic (exact) mass is 515 g/mol. The molecule has 1 fully saturated rings. The minimum absolute atomic E-state index is 0.0840. The number of para-hydroxylation sites is 1. The lowest BCUT2D eigenvalue weighted by Crippen LogP contribution is -2.46. The van der Waals surface area contributed by atoms with Crippen LogP contribution in [0.4, 0.5) is 15.8 Å². The molecule has 0 spiro atoms. The first kappa shape index (κ1) is 27.4. The Kier molecular flexibility index (Phi) is 8.82. The molecule has 2 amide bonds. The maximum absolute atomic E-state index is 14.3. The molecular formula is C32H38FN3O2. The van der Waals surface area contributed by atoms with Crippen LogP contribution in [0, 0.1) is 31.5 Å². The predicted octanol–water partition coefficient (Wildman–Crippen LogP) is 5.93. The Balaban J connectivity index is 1.40. The summed E-state index contributed by atoms with van der Waals surface area (Å²) in [5.74, 6) is -0.202. The third-order valence-corrected chi connectivity index (χ3v) is 7.46. The third kappa shape index (κ3) is 6.42. The zero-order valence-corrected chi connectivity index (χ0v) is 22.8. The lowest BCUT2D eigenvalue weighted by Gasteiger charge is -2.38. The van der Waals surface area contributed by atoms with E-state index in [0.29, 0.717) is 30.6 Å². The Labute approximate surface area is 225 Å². The number of hydrogen-bond donors (Lipinski definition) is 1. The highest BCUT2D eigenvalue weighted by Crippen LogP contribution is 2.34. The number of carbonyl (C=O) groups excluding carboxylic acids is 2. The standard InChI is InChI=1S/C32H38FN3O2/c1-22-18-27(31(37)34-15-10-16-35(4)28-12-6-5-7-13-28)19-23(2)30(22)36-21-25(17-24(3)32(36)38)20-26-11-8-9-14-29(26)33/h5-9,11-14,18-19,24-25H,10,15-17,20-21H2,1-4H3,(H,34,37)/t24-,25-/m1/s1. The summed E-state index contributed by atoms with van der Waals surface area (Å²) in [4.78, 5) is 30.2. The van der Waals surface area contributed by atoms with Gasteiger partial charge in [-0.25, -0.2) is 4.39 Å². The number of piperidine rings is 1. The molecule has 0 unspecified atom stereocenters. The summed E-state index contributed by atoms with van der Waals surface area (Å²) in [6.07, 6.45) is 2.16. The molecule has 6 heteroatoms. The molecular weight excluding hydrogens is 477 g/mol. The first-order chi connectivity index (χ1) is 18.2. The third-order valence-electron chi connectivity index (χ3n) is 7.46. The molecule has 200 valence electrons. The second-order valence-corrected chi connectivity index (χ2v) is 10.6. The van der Waals surface area contributed by atoms with Crippen LogP contribution in [-0.4, -0.2) is 38.5 Å². The zero-order valence-electron chi connectivity index (χ0n) is 22.8. The van der Waals surface area contributed by atoms with E-state index in [1.165, 1.54) is 6.07 Å². The van der Waals surface area contributed by atoms with Crippen LogP contribution in [0.5, 0.6) is 0 Å². The van der Waals surface area contributed by atoms with Gasteiger partial charge in [-0.3, -0.25) is 9.59 Å². The molecule has 1 saturated heterocycles. The van der Waals surface area contributed by atoms with Gasteiger partial charge in [-0.1, -0.05) is 43.3 Å². The fourth-order valence-electron chi connectivity index (χ4n) is 5.56. The van der Waals surface area contributed by atoms with E-state index in [1.807, 2.05) is 75.2 Å². The van der Waals surface area contributed by atoms with Crippen LogP contribution in [-0.2, 0) is 11.2 Å². The van der Waals surface area contributed by atoms with E-state index in [9.17, 15) is 14.0 Å². The van der Waals surface area contributed by atoms with Crippen molar-refractivity contribution in [1.29, 1.82) is 0 Å². The van der Waals surface area contributed by atoms with Crippen molar-refractivity contribution in [3.8, 4) is 0 Å². The van der Waals surface area contributed by atoms with Crippen molar-refractivity contribution in [2.45, 2.75) is 40.0 Å². The van der Waals surface area contributed by atoms with Gasteiger partial charge in [-0.05, 0) is 86.1 Å². The van der Waals surface area contributed by atoms with Crippen molar-refractivity contribution in [2.24, 2.45) is 11.8 Å². The lowest BCUT2D eigenvalue weighted by atomic mass is 9.84. The number of amides is 2. The number of hydrogen-bond acceptors (Lipinski definition) is 3. The topological polar surface area (TPSA) is 52.7 Å². The average Bonchev–Trinajstić information content (AvgIpc) is 2.90. The second kappa shape index (κ2) is 12.2. The maximum atomic E-state index is 14.3. The quantitative estimate of drug-likeness (QED) is 0.360. The predicted molar refractivity (Wildman–Crippen MR) is 152 cm³/mol. The number of aryl methyl sites for hydroxylation is 2. The molecule has 1 N–H and O–H groups in total. The summed E-state index contributed by atoms with van der Waals surface area (Å²) in [6, 6.07) is 20.8. The van der Waals surface area contributed by atoms with E-state index in [4.69, 9.17) is 0 Å². The van der Waals surface area contributed by atoms with Crippen LogP contribution < -0.4 is 15.1 Å². The van der Waals surface area contributed by atoms with E-state index in [1.54, 1.807) is 6.07 Å². The first-order valence-corrected chi connectivity index (χ1v) is 13.4. The molecule has 38 heavy (non-hydrogen) atoms. The number of rotatable bonds is 9. The smallest absolute Gasteiger partial charge is 0.251 e. The van der Waals surface area contributed by atoms with E-state index >= 15 is 0 Å². The Morgan fingerprint density at radius 3 is 2.39 bits per heavy atom. The molecule has 1 heterocycles. The number of carbonyl (C=O) groups is 2. The fourth-order valence-corrected chi connectivity index (χ4v) is 5.56. The molecule has 1 aliphatic rings. The fraction of sp³-hybridized carbons (Fsp3) is 0.375. The Bertz CT molecular complexity index is 1250. The number of nitrogens with zero attached hydrogens (tertiary/aromatic N) is 2. The van der Waals surface area contributed by atoms with Gasteiger partial charge in [0.25, 0.3) is 5.91 Å². The summed E-state index contributed by atoms with van der Waals surface area (Å²) in [7, 11) is 2.05. The highest BCUT2D eigenvalue weighted by Gasteiger charge is 2.34. The van der Waals surface area contributed by atoms with Crippen molar-refractivity contribution in [3.05, 3.63) is 94.8 Å². The second-order valence-electron chi connectivity index (χ2n) is 10.6. The molecule has 0 bridgehead atoms. The summed E-state index contributed by atoms with van der Waals surface area (Å²) in [5, 5.41) is 3.03. The van der Waals surface area contributed by atoms with Gasteiger partial charge < -0.3 is 15.1 Å². The van der Waals surface area contributed by atoms with Crippen molar-refractivity contribution in [1.82, 2.24) is 5.32 Å². The molecule has 0 saturated carbocycles. The maximum Gasteiger partial charge on any atom is 0.251 e. The van der Waals surface area contributed by atoms with Gasteiger partial charge >= 0.3 is 0 Å². The first-order valence-electron chi connectivity index (χ1n) is 13.4. The van der Waals surface area contributed by atoms with Gasteiger partial charge in [0.15, 0.2) is 0 Å². The van der Waals surface area contributed by atoms with Gasteiger partial charge in [0, 0.05) is 49.5 Å². The molecule has 5 nitrogen and oxygen atoms in total. The Morgan fingerprint density at radius 2 is 1.71 bits per heavy atom. The van der Waals surface area contributed by atoms with Crippen LogP contribution >= 0.6 is 0 Å². The Hall–Kier alpha value is -3.67. The van der Waals surface area contributed by atoms with Crippen LogP contribution in [0.3, 0.4) is 0 Å². The average molecular weight is 516 g/mol. The molecule has 0 aromatic heterocycles. The molecule has 4 rings (SSSR count). The number of nitrogens with one attached hydrogen (secondary N) is 1. The summed E-state index contributed by atoms with van der Waals surface area (Å²) in [5.41, 5.74) is 5.09.